The van der Waals surface area contributed by atoms with Crippen molar-refractivity contribution in [2.45, 2.75) is 20.4 Å². The highest BCUT2D eigenvalue weighted by atomic mass is 35.5. The zero-order valence-electron chi connectivity index (χ0n) is 9.63. The fourth-order valence-corrected chi connectivity index (χ4v) is 1.81. The summed E-state index contributed by atoms with van der Waals surface area (Å²) in [5, 5.41) is 0. The van der Waals surface area contributed by atoms with Crippen LogP contribution in [0.5, 0.6) is 0 Å². The Morgan fingerprint density at radius 3 is 2.75 bits per heavy atom. The number of nitrogens with zero attached hydrogens (tertiary/aromatic N) is 2. The van der Waals surface area contributed by atoms with Gasteiger partial charge in [-0.1, -0.05) is 6.58 Å². The van der Waals surface area contributed by atoms with E-state index in [0.717, 1.165) is 23.2 Å². The monoisotopic (exact) mass is 234 g/mol. The van der Waals surface area contributed by atoms with E-state index in [1.54, 1.807) is 0 Å². The zero-order valence-corrected chi connectivity index (χ0v) is 10.4. The van der Waals surface area contributed by atoms with Gasteiger partial charge in [0.05, 0.1) is 17.4 Å². The van der Waals surface area contributed by atoms with Gasteiger partial charge in [-0.15, -0.1) is 11.6 Å². The van der Waals surface area contributed by atoms with Crippen LogP contribution in [0.1, 0.15) is 11.1 Å². The molecule has 0 saturated carbocycles. The van der Waals surface area contributed by atoms with E-state index in [2.05, 4.69) is 42.1 Å². The van der Waals surface area contributed by atoms with Crippen molar-refractivity contribution in [3.63, 3.8) is 0 Å². The number of aryl methyl sites for hydroxylation is 2. The number of fused-ring (bicyclic) bond motifs is 1. The molecular weight excluding hydrogens is 220 g/mol. The molecule has 0 N–H and O–H groups in total. The Kier molecular flexibility index (Phi) is 3.01. The topological polar surface area (TPSA) is 17.8 Å². The molecule has 0 saturated heterocycles. The van der Waals surface area contributed by atoms with Crippen LogP contribution in [-0.4, -0.2) is 15.4 Å². The zero-order chi connectivity index (χ0) is 11.7. The first-order valence-electron chi connectivity index (χ1n) is 5.26. The molecule has 2 rings (SSSR count). The van der Waals surface area contributed by atoms with Gasteiger partial charge >= 0.3 is 0 Å². The second-order valence-electron chi connectivity index (χ2n) is 4.18. The lowest BCUT2D eigenvalue weighted by Crippen LogP contribution is -1.99. The van der Waals surface area contributed by atoms with E-state index in [-0.39, 0.29) is 0 Å². The number of rotatable bonds is 3. The van der Waals surface area contributed by atoms with Gasteiger partial charge in [0.25, 0.3) is 0 Å². The number of hydrogen-bond acceptors (Lipinski definition) is 1. The first-order chi connectivity index (χ1) is 7.61. The summed E-state index contributed by atoms with van der Waals surface area (Å²) in [7, 11) is 0. The van der Waals surface area contributed by atoms with Gasteiger partial charge in [0.1, 0.15) is 0 Å². The van der Waals surface area contributed by atoms with E-state index in [1.165, 1.54) is 11.1 Å². The summed E-state index contributed by atoms with van der Waals surface area (Å²) in [4.78, 5) is 4.39. The Morgan fingerprint density at radius 2 is 2.06 bits per heavy atom. The van der Waals surface area contributed by atoms with Crippen molar-refractivity contribution < 1.29 is 0 Å². The summed E-state index contributed by atoms with van der Waals surface area (Å²) >= 11 is 5.74. The van der Waals surface area contributed by atoms with Crippen LogP contribution >= 0.6 is 11.6 Å². The van der Waals surface area contributed by atoms with Crippen molar-refractivity contribution >= 4 is 22.6 Å². The predicted molar refractivity (Wildman–Crippen MR) is 69.1 cm³/mol. The molecule has 16 heavy (non-hydrogen) atoms. The van der Waals surface area contributed by atoms with Crippen molar-refractivity contribution in [2.75, 3.05) is 5.88 Å². The molecule has 2 aromatic rings. The largest absolute Gasteiger partial charge is 0.326 e. The molecule has 0 amide bonds. The molecule has 84 valence electrons. The lowest BCUT2D eigenvalue weighted by molar-refractivity contribution is 0.812. The highest BCUT2D eigenvalue weighted by molar-refractivity contribution is 6.19. The molecule has 0 aliphatic heterocycles. The third kappa shape index (κ3) is 1.98. The smallest absolute Gasteiger partial charge is 0.0961 e. The quantitative estimate of drug-likeness (QED) is 0.588. The van der Waals surface area contributed by atoms with E-state index in [9.17, 15) is 0 Å². The number of hydrogen-bond donors (Lipinski definition) is 0. The minimum atomic E-state index is 0.491. The molecule has 3 heteroatoms. The van der Waals surface area contributed by atoms with Gasteiger partial charge in [-0.2, -0.15) is 0 Å². The second kappa shape index (κ2) is 4.30. The SMILES string of the molecule is C=C(CCl)Cn1cnc2cc(C)c(C)cc21. The van der Waals surface area contributed by atoms with Gasteiger partial charge in [-0.25, -0.2) is 4.98 Å². The summed E-state index contributed by atoms with van der Waals surface area (Å²) in [6.07, 6.45) is 1.85. The average Bonchev–Trinajstić information content (AvgIpc) is 2.62. The van der Waals surface area contributed by atoms with E-state index in [0.29, 0.717) is 5.88 Å². The fraction of sp³-hybridized carbons (Fsp3) is 0.308. The van der Waals surface area contributed by atoms with Gasteiger partial charge in [0.2, 0.25) is 0 Å². The van der Waals surface area contributed by atoms with Crippen molar-refractivity contribution in [3.05, 3.63) is 41.7 Å². The summed E-state index contributed by atoms with van der Waals surface area (Å²) in [5.74, 6) is 0.491. The van der Waals surface area contributed by atoms with Gasteiger partial charge in [-0.05, 0) is 42.7 Å². The van der Waals surface area contributed by atoms with Crippen molar-refractivity contribution in [1.82, 2.24) is 9.55 Å². The number of allylic oxidation sites excluding steroid dienone is 1. The van der Waals surface area contributed by atoms with E-state index < -0.39 is 0 Å². The number of halogens is 1. The molecule has 0 unspecified atom stereocenters. The Hall–Kier alpha value is -1.28. The minimum absolute atomic E-state index is 0.491. The molecule has 0 bridgehead atoms. The van der Waals surface area contributed by atoms with Crippen LogP contribution in [0, 0.1) is 13.8 Å². The van der Waals surface area contributed by atoms with Gasteiger partial charge in [-0.3, -0.25) is 0 Å². The lowest BCUT2D eigenvalue weighted by atomic mass is 10.1. The summed E-state index contributed by atoms with van der Waals surface area (Å²) in [6.45, 7) is 8.87. The van der Waals surface area contributed by atoms with Crippen molar-refractivity contribution in [1.29, 1.82) is 0 Å². The first kappa shape index (κ1) is 11.2. The second-order valence-corrected chi connectivity index (χ2v) is 4.45. The van der Waals surface area contributed by atoms with Crippen molar-refractivity contribution in [2.24, 2.45) is 0 Å². The molecule has 0 spiro atoms. The summed E-state index contributed by atoms with van der Waals surface area (Å²) < 4.78 is 2.09. The number of benzene rings is 1. The Labute approximate surface area is 101 Å². The highest BCUT2D eigenvalue weighted by Crippen LogP contribution is 2.19. The Bertz CT molecular complexity index is 540. The molecule has 1 aromatic heterocycles. The molecule has 0 radical (unpaired) electrons. The summed E-state index contributed by atoms with van der Waals surface area (Å²) in [5.41, 5.74) is 5.73. The molecule has 0 aliphatic rings. The molecular formula is C13H15ClN2. The summed E-state index contributed by atoms with van der Waals surface area (Å²) in [6, 6.07) is 4.28. The third-order valence-electron chi connectivity index (χ3n) is 2.82. The van der Waals surface area contributed by atoms with E-state index in [4.69, 9.17) is 11.6 Å². The predicted octanol–water partition coefficient (Wildman–Crippen LogP) is 3.45. The standard InChI is InChI=1S/C13H15ClN2/c1-9(6-14)7-16-8-15-12-4-10(2)11(3)5-13(12)16/h4-5,8H,1,6-7H2,2-3H3. The van der Waals surface area contributed by atoms with Gasteiger partial charge in [0, 0.05) is 12.4 Å². The van der Waals surface area contributed by atoms with Crippen LogP contribution in [0.4, 0.5) is 0 Å². The maximum atomic E-state index is 5.74. The number of imidazole rings is 1. The minimum Gasteiger partial charge on any atom is -0.326 e. The normalized spacial score (nSPS) is 10.9. The van der Waals surface area contributed by atoms with Crippen molar-refractivity contribution in [3.8, 4) is 0 Å². The maximum Gasteiger partial charge on any atom is 0.0961 e. The average molecular weight is 235 g/mol. The number of alkyl halides is 1. The van der Waals surface area contributed by atoms with E-state index in [1.807, 2.05) is 6.33 Å². The van der Waals surface area contributed by atoms with Gasteiger partial charge in [0.15, 0.2) is 0 Å². The van der Waals surface area contributed by atoms with Crippen LogP contribution in [0.2, 0.25) is 0 Å². The van der Waals surface area contributed by atoms with Gasteiger partial charge < -0.3 is 4.57 Å². The molecule has 2 nitrogen and oxygen atoms in total. The van der Waals surface area contributed by atoms with Crippen LogP contribution in [0.3, 0.4) is 0 Å². The molecule has 1 heterocycles. The maximum absolute atomic E-state index is 5.74. The molecule has 0 fully saturated rings. The lowest BCUT2D eigenvalue weighted by Gasteiger charge is -2.06. The van der Waals surface area contributed by atoms with E-state index >= 15 is 0 Å². The first-order valence-corrected chi connectivity index (χ1v) is 5.80. The molecule has 1 aromatic carbocycles. The van der Waals surface area contributed by atoms with Crippen LogP contribution in [0.25, 0.3) is 11.0 Å². The fourth-order valence-electron chi connectivity index (χ4n) is 1.72. The van der Waals surface area contributed by atoms with Crippen LogP contribution in [0.15, 0.2) is 30.6 Å². The molecule has 0 atom stereocenters. The van der Waals surface area contributed by atoms with Crippen LogP contribution in [-0.2, 0) is 6.54 Å². The van der Waals surface area contributed by atoms with Crippen LogP contribution < -0.4 is 0 Å². The number of aromatic nitrogens is 2. The third-order valence-corrected chi connectivity index (χ3v) is 3.20. The Morgan fingerprint density at radius 1 is 1.38 bits per heavy atom. The molecule has 0 aliphatic carbocycles. The highest BCUT2D eigenvalue weighted by Gasteiger charge is 2.05. The Balaban J connectivity index is 2.48.